The monoisotopic (exact) mass is 711 g/mol. The van der Waals surface area contributed by atoms with E-state index in [1.165, 1.54) is 23.1 Å². The van der Waals surface area contributed by atoms with Gasteiger partial charge in [-0.3, -0.25) is 14.4 Å². The fourth-order valence-corrected chi connectivity index (χ4v) is 8.01. The molecular weight excluding hydrogens is 671 g/mol. The highest BCUT2D eigenvalue weighted by Gasteiger charge is 2.30. The van der Waals surface area contributed by atoms with Crippen LogP contribution in [0.15, 0.2) is 89.5 Å². The van der Waals surface area contributed by atoms with Crippen LogP contribution in [-0.4, -0.2) is 42.7 Å². The molecule has 1 heterocycles. The molecule has 0 fully saturated rings. The van der Waals surface area contributed by atoms with Crippen LogP contribution >= 0.6 is 23.1 Å². The van der Waals surface area contributed by atoms with E-state index in [9.17, 15) is 19.2 Å². The highest BCUT2D eigenvalue weighted by molar-refractivity contribution is 8.00. The van der Waals surface area contributed by atoms with Crippen molar-refractivity contribution in [3.63, 3.8) is 0 Å². The normalized spacial score (nSPS) is 14.6. The summed E-state index contributed by atoms with van der Waals surface area (Å²) in [5.41, 5.74) is 3.13. The summed E-state index contributed by atoms with van der Waals surface area (Å²) in [5.74, 6) is -0.371. The third-order valence-corrected chi connectivity index (χ3v) is 10.7. The maximum atomic E-state index is 13.6. The minimum absolute atomic E-state index is 0.0540. The standard InChI is InChI=1S/C39H41N3O6S2/c1-5-32(37(45)42-38-34(39(46)48-6-2)30-20-15-24(3)21-33(30)50-38)49-29-14-10-13-27(23-29)40-36(44)31(22-25-16-18-28(47-4)19-17-25)41-35(43)26-11-8-7-9-12-26/h7-14,16-19,22-24,32H,5-6,15,20-21H2,1-4H3,(H,40,44)(H,41,43)(H,42,45)/b31-22+. The van der Waals surface area contributed by atoms with Crippen molar-refractivity contribution in [2.45, 2.75) is 56.6 Å². The molecule has 3 amide bonds. The van der Waals surface area contributed by atoms with Gasteiger partial charge in [0.1, 0.15) is 16.4 Å². The average molecular weight is 712 g/mol. The van der Waals surface area contributed by atoms with E-state index in [0.717, 1.165) is 34.6 Å². The van der Waals surface area contributed by atoms with Gasteiger partial charge in [-0.05, 0) is 98.2 Å². The van der Waals surface area contributed by atoms with E-state index in [1.807, 2.05) is 19.1 Å². The Labute approximate surface area is 300 Å². The summed E-state index contributed by atoms with van der Waals surface area (Å²) in [7, 11) is 1.57. The molecule has 11 heteroatoms. The van der Waals surface area contributed by atoms with E-state index in [0.29, 0.717) is 45.5 Å². The van der Waals surface area contributed by atoms with E-state index in [-0.39, 0.29) is 18.2 Å². The molecule has 0 saturated heterocycles. The number of esters is 1. The Balaban J connectivity index is 1.32. The van der Waals surface area contributed by atoms with Crippen LogP contribution in [0.25, 0.3) is 6.08 Å². The van der Waals surface area contributed by atoms with Crippen LogP contribution in [0.3, 0.4) is 0 Å². The van der Waals surface area contributed by atoms with Crippen LogP contribution < -0.4 is 20.7 Å². The summed E-state index contributed by atoms with van der Waals surface area (Å²) < 4.78 is 10.6. The van der Waals surface area contributed by atoms with Gasteiger partial charge in [-0.2, -0.15) is 0 Å². The minimum Gasteiger partial charge on any atom is -0.497 e. The number of benzene rings is 3. The number of rotatable bonds is 13. The molecule has 9 nitrogen and oxygen atoms in total. The molecule has 1 aliphatic rings. The number of carbonyl (C=O) groups is 4. The molecule has 0 bridgehead atoms. The Morgan fingerprint density at radius 1 is 0.980 bits per heavy atom. The van der Waals surface area contributed by atoms with Crippen molar-refractivity contribution in [2.75, 3.05) is 24.4 Å². The van der Waals surface area contributed by atoms with E-state index in [2.05, 4.69) is 22.9 Å². The lowest BCUT2D eigenvalue weighted by Crippen LogP contribution is -2.30. The van der Waals surface area contributed by atoms with Crippen molar-refractivity contribution in [1.82, 2.24) is 5.32 Å². The number of thiophene rings is 1. The van der Waals surface area contributed by atoms with Crippen LogP contribution in [-0.2, 0) is 27.2 Å². The van der Waals surface area contributed by atoms with Gasteiger partial charge in [0.15, 0.2) is 0 Å². The first-order chi connectivity index (χ1) is 24.2. The molecule has 0 aliphatic heterocycles. The fourth-order valence-electron chi connectivity index (χ4n) is 5.59. The zero-order valence-corrected chi connectivity index (χ0v) is 30.2. The zero-order valence-electron chi connectivity index (χ0n) is 28.5. The van der Waals surface area contributed by atoms with E-state index in [4.69, 9.17) is 9.47 Å². The highest BCUT2D eigenvalue weighted by Crippen LogP contribution is 2.40. The number of nitrogens with one attached hydrogen (secondary N) is 3. The first-order valence-electron chi connectivity index (χ1n) is 16.6. The Hall–Kier alpha value is -4.87. The largest absolute Gasteiger partial charge is 0.497 e. The topological polar surface area (TPSA) is 123 Å². The lowest BCUT2D eigenvalue weighted by molar-refractivity contribution is -0.116. The highest BCUT2D eigenvalue weighted by atomic mass is 32.2. The van der Waals surface area contributed by atoms with Gasteiger partial charge in [-0.25, -0.2) is 4.79 Å². The first kappa shape index (κ1) is 36.4. The molecular formula is C39H41N3O6S2. The molecule has 5 rings (SSSR count). The lowest BCUT2D eigenvalue weighted by atomic mass is 9.88. The van der Waals surface area contributed by atoms with Gasteiger partial charge in [-0.1, -0.05) is 50.2 Å². The van der Waals surface area contributed by atoms with Crippen LogP contribution in [0, 0.1) is 5.92 Å². The molecule has 50 heavy (non-hydrogen) atoms. The maximum absolute atomic E-state index is 13.6. The summed E-state index contributed by atoms with van der Waals surface area (Å²) in [6.07, 6.45) is 4.78. The molecule has 1 aliphatic carbocycles. The molecule has 0 saturated carbocycles. The second-order valence-corrected chi connectivity index (χ2v) is 14.3. The molecule has 260 valence electrons. The third-order valence-electron chi connectivity index (χ3n) is 8.22. The van der Waals surface area contributed by atoms with Crippen molar-refractivity contribution >= 4 is 63.6 Å². The van der Waals surface area contributed by atoms with Crippen LogP contribution in [0.2, 0.25) is 0 Å². The van der Waals surface area contributed by atoms with Gasteiger partial charge in [0.25, 0.3) is 11.8 Å². The fraction of sp³-hybridized carbons (Fsp3) is 0.282. The number of amides is 3. The summed E-state index contributed by atoms with van der Waals surface area (Å²) >= 11 is 2.84. The quantitative estimate of drug-likeness (QED) is 0.0730. The second-order valence-electron chi connectivity index (χ2n) is 11.9. The molecule has 0 spiro atoms. The van der Waals surface area contributed by atoms with Gasteiger partial charge in [-0.15, -0.1) is 23.1 Å². The number of ether oxygens (including phenoxy) is 2. The smallest absolute Gasteiger partial charge is 0.341 e. The van der Waals surface area contributed by atoms with E-state index in [1.54, 1.807) is 86.8 Å². The number of hydrogen-bond donors (Lipinski definition) is 3. The summed E-state index contributed by atoms with van der Waals surface area (Å²) in [6, 6.07) is 23.0. The summed E-state index contributed by atoms with van der Waals surface area (Å²) in [5, 5.41) is 8.77. The van der Waals surface area contributed by atoms with Crippen molar-refractivity contribution in [2.24, 2.45) is 5.92 Å². The number of carbonyl (C=O) groups excluding carboxylic acids is 4. The van der Waals surface area contributed by atoms with Crippen molar-refractivity contribution in [3.05, 3.63) is 112 Å². The Morgan fingerprint density at radius 3 is 2.44 bits per heavy atom. The van der Waals surface area contributed by atoms with Crippen molar-refractivity contribution in [1.29, 1.82) is 0 Å². The van der Waals surface area contributed by atoms with Gasteiger partial charge in [0.2, 0.25) is 5.91 Å². The second kappa shape index (κ2) is 17.2. The number of fused-ring (bicyclic) bond motifs is 1. The van der Waals surface area contributed by atoms with Gasteiger partial charge >= 0.3 is 5.97 Å². The van der Waals surface area contributed by atoms with E-state index < -0.39 is 23.0 Å². The Morgan fingerprint density at radius 2 is 1.74 bits per heavy atom. The predicted molar refractivity (Wildman–Crippen MR) is 200 cm³/mol. The van der Waals surface area contributed by atoms with Crippen molar-refractivity contribution in [3.8, 4) is 5.75 Å². The van der Waals surface area contributed by atoms with Gasteiger partial charge in [0, 0.05) is 21.0 Å². The summed E-state index contributed by atoms with van der Waals surface area (Å²) in [4.78, 5) is 55.2. The molecule has 2 atom stereocenters. The minimum atomic E-state index is -0.514. The number of methoxy groups -OCH3 is 1. The molecule has 3 aromatic carbocycles. The summed E-state index contributed by atoms with van der Waals surface area (Å²) in [6.45, 7) is 6.16. The van der Waals surface area contributed by atoms with Crippen LogP contribution in [0.5, 0.6) is 5.75 Å². The first-order valence-corrected chi connectivity index (χ1v) is 18.3. The third kappa shape index (κ3) is 9.22. The Bertz CT molecular complexity index is 1870. The molecule has 4 aromatic rings. The SMILES string of the molecule is CCOC(=O)c1c(NC(=O)C(CC)Sc2cccc(NC(=O)/C(=C\c3ccc(OC)cc3)NC(=O)c3ccccc3)c2)sc2c1CCC(C)C2. The maximum Gasteiger partial charge on any atom is 0.341 e. The molecule has 2 unspecified atom stereocenters. The average Bonchev–Trinajstić information content (AvgIpc) is 3.47. The molecule has 0 radical (unpaired) electrons. The van der Waals surface area contributed by atoms with Crippen molar-refractivity contribution < 1.29 is 28.7 Å². The number of thioether (sulfide) groups is 1. The Kier molecular flexibility index (Phi) is 12.5. The zero-order chi connectivity index (χ0) is 35.6. The molecule has 3 N–H and O–H groups in total. The number of hydrogen-bond acceptors (Lipinski definition) is 8. The van der Waals surface area contributed by atoms with E-state index >= 15 is 0 Å². The van der Waals surface area contributed by atoms with Crippen LogP contribution in [0.4, 0.5) is 10.7 Å². The predicted octanol–water partition coefficient (Wildman–Crippen LogP) is 7.98. The van der Waals surface area contributed by atoms with Gasteiger partial charge in [0.05, 0.1) is 24.5 Å². The molecule has 1 aromatic heterocycles. The van der Waals surface area contributed by atoms with Crippen LogP contribution in [0.1, 0.15) is 70.3 Å². The lowest BCUT2D eigenvalue weighted by Gasteiger charge is -2.18. The number of anilines is 2. The van der Waals surface area contributed by atoms with Gasteiger partial charge < -0.3 is 25.4 Å².